The van der Waals surface area contributed by atoms with Gasteiger partial charge in [0.1, 0.15) is 5.78 Å². The normalized spacial score (nSPS) is 31.1. The van der Waals surface area contributed by atoms with E-state index in [0.717, 1.165) is 19.3 Å². The Labute approximate surface area is 159 Å². The molecular weight excluding hydrogens is 358 g/mol. The molecule has 0 spiro atoms. The molecule has 2 fully saturated rings. The van der Waals surface area contributed by atoms with Crippen LogP contribution in [0.25, 0.3) is 0 Å². The van der Waals surface area contributed by atoms with Crippen LogP contribution < -0.4 is 0 Å². The molecule has 2 N–H and O–H groups in total. The molecule has 156 valence electrons. The molecule has 0 unspecified atom stereocenters. The lowest BCUT2D eigenvalue weighted by Gasteiger charge is -2.43. The Hall–Kier alpha value is -1.08. The summed E-state index contributed by atoms with van der Waals surface area (Å²) in [6.45, 7) is 1.82. The molecule has 0 bridgehead atoms. The van der Waals surface area contributed by atoms with Crippen molar-refractivity contribution < 1.29 is 33.3 Å². The number of alkyl halides is 2. The summed E-state index contributed by atoms with van der Waals surface area (Å²) in [5.41, 5.74) is 0. The number of ketones is 1. The average Bonchev–Trinajstić information content (AvgIpc) is 2.90. The molecule has 1 aliphatic heterocycles. The zero-order valence-electron chi connectivity index (χ0n) is 16.1. The second-order valence-corrected chi connectivity index (χ2v) is 8.07. The maximum atomic E-state index is 14.4. The van der Waals surface area contributed by atoms with E-state index >= 15 is 0 Å². The summed E-state index contributed by atoms with van der Waals surface area (Å²) in [6, 6.07) is 0. The van der Waals surface area contributed by atoms with E-state index in [1.54, 1.807) is 0 Å². The molecule has 0 radical (unpaired) electrons. The van der Waals surface area contributed by atoms with Gasteiger partial charge in [-0.15, -0.1) is 0 Å². The van der Waals surface area contributed by atoms with Gasteiger partial charge in [-0.1, -0.05) is 32.6 Å². The highest BCUT2D eigenvalue weighted by Gasteiger charge is 2.59. The second-order valence-electron chi connectivity index (χ2n) is 8.07. The molecule has 1 saturated heterocycles. The van der Waals surface area contributed by atoms with E-state index in [2.05, 4.69) is 0 Å². The van der Waals surface area contributed by atoms with Gasteiger partial charge >= 0.3 is 11.9 Å². The smallest absolute Gasteiger partial charge is 0.303 e. The third-order valence-corrected chi connectivity index (χ3v) is 6.04. The van der Waals surface area contributed by atoms with Crippen molar-refractivity contribution in [1.29, 1.82) is 0 Å². The van der Waals surface area contributed by atoms with Gasteiger partial charge in [0, 0.05) is 31.6 Å². The number of ether oxygens (including phenoxy) is 1. The van der Waals surface area contributed by atoms with Crippen molar-refractivity contribution in [2.24, 2.45) is 11.8 Å². The highest BCUT2D eigenvalue weighted by Crippen LogP contribution is 2.49. The van der Waals surface area contributed by atoms with Crippen molar-refractivity contribution in [2.75, 3.05) is 0 Å². The fourth-order valence-corrected chi connectivity index (χ4v) is 4.42. The number of hydrogen-bond acceptors (Lipinski definition) is 4. The predicted molar refractivity (Wildman–Crippen MR) is 95.5 cm³/mol. The molecule has 7 heteroatoms. The molecule has 5 nitrogen and oxygen atoms in total. The molecule has 1 saturated carbocycles. The molecule has 27 heavy (non-hydrogen) atoms. The van der Waals surface area contributed by atoms with Crippen molar-refractivity contribution in [3.8, 4) is 0 Å². The molecule has 4 atom stereocenters. The summed E-state index contributed by atoms with van der Waals surface area (Å²) < 4.78 is 34.3. The first-order valence-corrected chi connectivity index (χ1v) is 10.2. The highest BCUT2D eigenvalue weighted by atomic mass is 19.3. The van der Waals surface area contributed by atoms with Gasteiger partial charge in [0.15, 0.2) is 0 Å². The van der Waals surface area contributed by atoms with Crippen molar-refractivity contribution in [2.45, 2.75) is 102 Å². The largest absolute Gasteiger partial charge is 0.481 e. The number of carboxylic acid groups (broad SMARTS) is 1. The number of aliphatic hydroxyl groups is 1. The van der Waals surface area contributed by atoms with Crippen LogP contribution in [0.1, 0.15) is 84.0 Å². The van der Waals surface area contributed by atoms with Gasteiger partial charge in [-0.3, -0.25) is 9.59 Å². The van der Waals surface area contributed by atoms with Crippen molar-refractivity contribution >= 4 is 11.8 Å². The third-order valence-electron chi connectivity index (χ3n) is 6.04. The number of carbonyl (C=O) groups excluding carboxylic acids is 1. The topological polar surface area (TPSA) is 83.8 Å². The summed E-state index contributed by atoms with van der Waals surface area (Å²) in [7, 11) is 0. The maximum Gasteiger partial charge on any atom is 0.303 e. The quantitative estimate of drug-likeness (QED) is 0.514. The number of rotatable bonds is 11. The van der Waals surface area contributed by atoms with E-state index in [1.807, 2.05) is 6.92 Å². The van der Waals surface area contributed by atoms with E-state index in [-0.39, 0.29) is 36.9 Å². The number of aliphatic carboxylic acids is 1. The van der Waals surface area contributed by atoms with Gasteiger partial charge in [0.25, 0.3) is 0 Å². The van der Waals surface area contributed by atoms with Crippen molar-refractivity contribution in [3.63, 3.8) is 0 Å². The number of carboxylic acids is 1. The lowest BCUT2D eigenvalue weighted by atomic mass is 9.81. The number of fused-ring (bicyclic) bond motifs is 1. The van der Waals surface area contributed by atoms with Gasteiger partial charge in [0.2, 0.25) is 5.79 Å². The summed E-state index contributed by atoms with van der Waals surface area (Å²) >= 11 is 0. The number of unbranched alkanes of at least 4 members (excludes halogenated alkanes) is 4. The van der Waals surface area contributed by atoms with Crippen LogP contribution in [-0.2, 0) is 14.3 Å². The monoisotopic (exact) mass is 390 g/mol. The maximum absolute atomic E-state index is 14.4. The van der Waals surface area contributed by atoms with Crippen molar-refractivity contribution in [1.82, 2.24) is 0 Å². The van der Waals surface area contributed by atoms with Crippen molar-refractivity contribution in [3.05, 3.63) is 0 Å². The SMILES string of the molecule is CCCCC(F)(F)[C@]1(O)CC[C@H]2[C@H](CCCCCCC(=O)O)C(=O)C[C@H]2O1. The van der Waals surface area contributed by atoms with Crippen LogP contribution in [0, 0.1) is 11.8 Å². The van der Waals surface area contributed by atoms with Gasteiger partial charge in [-0.2, -0.15) is 0 Å². The summed E-state index contributed by atoms with van der Waals surface area (Å²) in [5, 5.41) is 19.1. The second kappa shape index (κ2) is 9.41. The molecule has 0 aromatic carbocycles. The van der Waals surface area contributed by atoms with Gasteiger partial charge in [-0.05, 0) is 31.6 Å². The van der Waals surface area contributed by atoms with Crippen LogP contribution in [0.3, 0.4) is 0 Å². The predicted octanol–water partition coefficient (Wildman–Crippen LogP) is 4.31. The minimum atomic E-state index is -3.31. The van der Waals surface area contributed by atoms with E-state index < -0.39 is 30.2 Å². The summed E-state index contributed by atoms with van der Waals surface area (Å²) in [5.74, 6) is -6.82. The average molecular weight is 390 g/mol. The lowest BCUT2D eigenvalue weighted by Crippen LogP contribution is -2.55. The van der Waals surface area contributed by atoms with Crippen LogP contribution in [0.2, 0.25) is 0 Å². The lowest BCUT2D eigenvalue weighted by molar-refractivity contribution is -0.356. The van der Waals surface area contributed by atoms with E-state index in [0.29, 0.717) is 32.1 Å². The van der Waals surface area contributed by atoms with Gasteiger partial charge in [0.05, 0.1) is 6.10 Å². The molecule has 0 aromatic heterocycles. The molecule has 2 aliphatic rings. The summed E-state index contributed by atoms with van der Waals surface area (Å²) in [6.07, 6.45) is 4.17. The Kier molecular flexibility index (Phi) is 7.74. The number of Topliss-reactive ketones (excluding diaryl/α,β-unsaturated/α-hetero) is 1. The molecule has 2 rings (SSSR count). The summed E-state index contributed by atoms with van der Waals surface area (Å²) in [4.78, 5) is 22.8. The van der Waals surface area contributed by atoms with Crippen LogP contribution >= 0.6 is 0 Å². The fourth-order valence-electron chi connectivity index (χ4n) is 4.42. The van der Waals surface area contributed by atoms with Gasteiger partial charge < -0.3 is 14.9 Å². The minimum absolute atomic E-state index is 0.0386. The highest BCUT2D eigenvalue weighted by molar-refractivity contribution is 5.84. The molecule has 1 heterocycles. The first-order valence-electron chi connectivity index (χ1n) is 10.2. The first kappa shape index (κ1) is 22.2. The molecule has 0 amide bonds. The molecule has 1 aliphatic carbocycles. The van der Waals surface area contributed by atoms with Crippen LogP contribution in [-0.4, -0.2) is 39.8 Å². The number of halogens is 2. The number of hydrogen-bond donors (Lipinski definition) is 2. The Morgan fingerprint density at radius 1 is 1.26 bits per heavy atom. The Balaban J connectivity index is 1.84. The standard InChI is InChI=1S/C20H32F2O5/c1-2-3-11-19(21,22)20(26)12-10-15-14(16(23)13-17(15)27-20)8-6-4-5-7-9-18(24)25/h14-15,17,26H,2-13H2,1H3,(H,24,25)/t14-,15-,17+,20-/m0/s1. The van der Waals surface area contributed by atoms with E-state index in [1.165, 1.54) is 0 Å². The van der Waals surface area contributed by atoms with Crippen LogP contribution in [0.15, 0.2) is 0 Å². The fraction of sp³-hybridized carbons (Fsp3) is 0.900. The zero-order valence-corrected chi connectivity index (χ0v) is 16.1. The van der Waals surface area contributed by atoms with Gasteiger partial charge in [-0.25, -0.2) is 8.78 Å². The van der Waals surface area contributed by atoms with Crippen LogP contribution in [0.4, 0.5) is 8.78 Å². The first-order chi connectivity index (χ1) is 12.7. The third kappa shape index (κ3) is 5.47. The minimum Gasteiger partial charge on any atom is -0.481 e. The molecule has 0 aromatic rings. The number of carbonyl (C=O) groups is 2. The van der Waals surface area contributed by atoms with E-state index in [9.17, 15) is 23.5 Å². The Morgan fingerprint density at radius 3 is 2.63 bits per heavy atom. The molecular formula is C20H32F2O5. The zero-order chi connectivity index (χ0) is 20.1. The Morgan fingerprint density at radius 2 is 1.96 bits per heavy atom. The van der Waals surface area contributed by atoms with Crippen LogP contribution in [0.5, 0.6) is 0 Å². The Bertz CT molecular complexity index is 525. The van der Waals surface area contributed by atoms with E-state index in [4.69, 9.17) is 9.84 Å².